The van der Waals surface area contributed by atoms with E-state index in [2.05, 4.69) is 46.3 Å². The molecule has 3 heterocycles. The molecular weight excluding hydrogens is 476 g/mol. The van der Waals surface area contributed by atoms with Crippen LogP contribution in [0, 0.1) is 0 Å². The van der Waals surface area contributed by atoms with Gasteiger partial charge >= 0.3 is 0 Å². The molecule has 0 bridgehead atoms. The summed E-state index contributed by atoms with van der Waals surface area (Å²) in [6.45, 7) is 2.71. The Balaban J connectivity index is 1.28. The summed E-state index contributed by atoms with van der Waals surface area (Å²) in [5, 5.41) is 0.906. The third-order valence-corrected chi connectivity index (χ3v) is 7.70. The molecule has 7 nitrogen and oxygen atoms in total. The lowest BCUT2D eigenvalue weighted by Gasteiger charge is -2.44. The second-order valence-electron chi connectivity index (χ2n) is 10.2. The Morgan fingerprint density at radius 3 is 2.68 bits per heavy atom. The molecule has 2 aliphatic rings. The van der Waals surface area contributed by atoms with Crippen LogP contribution in [-0.4, -0.2) is 65.9 Å². The van der Waals surface area contributed by atoms with Crippen molar-refractivity contribution in [3.8, 4) is 5.75 Å². The van der Waals surface area contributed by atoms with Gasteiger partial charge in [0.25, 0.3) is 5.91 Å². The van der Waals surface area contributed by atoms with E-state index in [1.54, 1.807) is 12.0 Å². The molecule has 0 aliphatic carbocycles. The number of fused-ring (bicyclic) bond motifs is 2. The van der Waals surface area contributed by atoms with Gasteiger partial charge in [-0.1, -0.05) is 48.5 Å². The molecule has 1 fully saturated rings. The standard InChI is InChI=1S/C31H32N4O3/c1-38-26-13-14-27-24(16-26)17-28(32-27)31(37)34-20-25(19-33-15-7-11-23-10-5-6-12-29(23)33)35(30(36)21-34)18-22-8-3-2-4-9-22/h2-6,8-10,12-14,16-17,25,32H,7,11,15,18-21H2,1H3/t25-/m0/s1. The monoisotopic (exact) mass is 508 g/mol. The summed E-state index contributed by atoms with van der Waals surface area (Å²) in [5.74, 6) is 0.556. The fourth-order valence-electron chi connectivity index (χ4n) is 5.76. The van der Waals surface area contributed by atoms with Crippen LogP contribution in [0.3, 0.4) is 0 Å². The number of aromatic amines is 1. The van der Waals surface area contributed by atoms with Gasteiger partial charge in [-0.2, -0.15) is 0 Å². The Morgan fingerprint density at radius 1 is 1.03 bits per heavy atom. The van der Waals surface area contributed by atoms with Gasteiger partial charge < -0.3 is 24.4 Å². The van der Waals surface area contributed by atoms with E-state index < -0.39 is 0 Å². The van der Waals surface area contributed by atoms with Crippen molar-refractivity contribution in [2.45, 2.75) is 25.4 Å². The van der Waals surface area contributed by atoms with Crippen LogP contribution in [-0.2, 0) is 17.8 Å². The molecule has 1 aromatic heterocycles. The van der Waals surface area contributed by atoms with Crippen LogP contribution in [0.1, 0.15) is 28.0 Å². The number of nitrogens with one attached hydrogen (secondary N) is 1. The predicted molar refractivity (Wildman–Crippen MR) is 149 cm³/mol. The van der Waals surface area contributed by atoms with Crippen LogP contribution in [0.2, 0.25) is 0 Å². The van der Waals surface area contributed by atoms with Crippen LogP contribution in [0.15, 0.2) is 78.9 Å². The highest BCUT2D eigenvalue weighted by Gasteiger charge is 2.37. The number of methoxy groups -OCH3 is 1. The maximum Gasteiger partial charge on any atom is 0.270 e. The van der Waals surface area contributed by atoms with Gasteiger partial charge in [0.2, 0.25) is 5.91 Å². The molecule has 2 aliphatic heterocycles. The number of benzene rings is 3. The molecule has 4 aromatic rings. The SMILES string of the molecule is COc1ccc2[nH]c(C(=O)N3CC(=O)N(Cc4ccccc4)[C@@H](CN4CCCc5ccccc54)C3)cc2c1. The minimum Gasteiger partial charge on any atom is -0.497 e. The van der Waals surface area contributed by atoms with E-state index in [0.717, 1.165) is 41.6 Å². The van der Waals surface area contributed by atoms with E-state index in [1.165, 1.54) is 11.3 Å². The number of hydrogen-bond acceptors (Lipinski definition) is 4. The van der Waals surface area contributed by atoms with Crippen LogP contribution in [0.25, 0.3) is 10.9 Å². The van der Waals surface area contributed by atoms with Crippen molar-refractivity contribution in [2.24, 2.45) is 0 Å². The number of H-pyrrole nitrogens is 1. The number of carbonyl (C=O) groups is 2. The number of ether oxygens (including phenoxy) is 1. The highest BCUT2D eigenvalue weighted by Crippen LogP contribution is 2.29. The zero-order valence-corrected chi connectivity index (χ0v) is 21.6. The van der Waals surface area contributed by atoms with Crippen molar-refractivity contribution in [2.75, 3.05) is 38.2 Å². The number of carbonyl (C=O) groups excluding carboxylic acids is 2. The molecular formula is C31H32N4O3. The average molecular weight is 509 g/mol. The highest BCUT2D eigenvalue weighted by atomic mass is 16.5. The third-order valence-electron chi connectivity index (χ3n) is 7.70. The minimum atomic E-state index is -0.156. The first-order valence-corrected chi connectivity index (χ1v) is 13.2. The number of amides is 2. The van der Waals surface area contributed by atoms with Crippen molar-refractivity contribution in [3.63, 3.8) is 0 Å². The lowest BCUT2D eigenvalue weighted by atomic mass is 10.00. The molecule has 0 unspecified atom stereocenters. The fourth-order valence-corrected chi connectivity index (χ4v) is 5.76. The molecule has 0 saturated carbocycles. The van der Waals surface area contributed by atoms with Gasteiger partial charge in [0.15, 0.2) is 0 Å². The normalized spacial score (nSPS) is 17.6. The molecule has 38 heavy (non-hydrogen) atoms. The maximum absolute atomic E-state index is 13.6. The smallest absolute Gasteiger partial charge is 0.270 e. The Kier molecular flexibility index (Phi) is 6.50. The summed E-state index contributed by atoms with van der Waals surface area (Å²) < 4.78 is 5.33. The van der Waals surface area contributed by atoms with E-state index in [1.807, 2.05) is 47.4 Å². The van der Waals surface area contributed by atoms with Gasteiger partial charge in [0, 0.05) is 42.8 Å². The number of hydrogen-bond donors (Lipinski definition) is 1. The van der Waals surface area contributed by atoms with Crippen LogP contribution in [0.4, 0.5) is 5.69 Å². The molecule has 1 N–H and O–H groups in total. The summed E-state index contributed by atoms with van der Waals surface area (Å²) in [6, 6.07) is 26.0. The Bertz CT molecular complexity index is 1460. The average Bonchev–Trinajstić information content (AvgIpc) is 3.38. The summed E-state index contributed by atoms with van der Waals surface area (Å²) in [7, 11) is 1.63. The zero-order valence-electron chi connectivity index (χ0n) is 21.6. The molecule has 6 rings (SSSR count). The fraction of sp³-hybridized carbons (Fsp3) is 0.290. The van der Waals surface area contributed by atoms with Crippen LogP contribution < -0.4 is 9.64 Å². The van der Waals surface area contributed by atoms with Crippen molar-refractivity contribution < 1.29 is 14.3 Å². The highest BCUT2D eigenvalue weighted by molar-refractivity contribution is 6.00. The van der Waals surface area contributed by atoms with E-state index in [-0.39, 0.29) is 24.4 Å². The van der Waals surface area contributed by atoms with E-state index in [4.69, 9.17) is 4.74 Å². The molecule has 194 valence electrons. The summed E-state index contributed by atoms with van der Waals surface area (Å²) >= 11 is 0. The first kappa shape index (κ1) is 24.1. The Morgan fingerprint density at radius 2 is 1.84 bits per heavy atom. The third kappa shape index (κ3) is 4.72. The summed E-state index contributed by atoms with van der Waals surface area (Å²) in [4.78, 5) is 36.5. The second kappa shape index (κ2) is 10.2. The Labute approximate surface area is 222 Å². The van der Waals surface area contributed by atoms with Gasteiger partial charge in [-0.3, -0.25) is 9.59 Å². The van der Waals surface area contributed by atoms with E-state index in [9.17, 15) is 9.59 Å². The van der Waals surface area contributed by atoms with Crippen molar-refractivity contribution >= 4 is 28.4 Å². The largest absolute Gasteiger partial charge is 0.497 e. The van der Waals surface area contributed by atoms with Gasteiger partial charge in [-0.25, -0.2) is 0 Å². The van der Waals surface area contributed by atoms with Gasteiger partial charge in [-0.15, -0.1) is 0 Å². The first-order chi connectivity index (χ1) is 18.6. The topological polar surface area (TPSA) is 68.9 Å². The van der Waals surface area contributed by atoms with Crippen molar-refractivity contribution in [1.82, 2.24) is 14.8 Å². The van der Waals surface area contributed by atoms with E-state index in [0.29, 0.717) is 25.3 Å². The molecule has 1 saturated heterocycles. The summed E-state index contributed by atoms with van der Waals surface area (Å²) in [5.41, 5.74) is 5.02. The predicted octanol–water partition coefficient (Wildman–Crippen LogP) is 4.48. The Hall–Kier alpha value is -4.26. The lowest BCUT2D eigenvalue weighted by molar-refractivity contribution is -0.139. The van der Waals surface area contributed by atoms with Crippen LogP contribution >= 0.6 is 0 Å². The minimum absolute atomic E-state index is 0.0264. The maximum atomic E-state index is 13.6. The lowest BCUT2D eigenvalue weighted by Crippen LogP contribution is -2.60. The first-order valence-electron chi connectivity index (χ1n) is 13.2. The second-order valence-corrected chi connectivity index (χ2v) is 10.2. The van der Waals surface area contributed by atoms with Crippen molar-refractivity contribution in [1.29, 1.82) is 0 Å². The quantitative estimate of drug-likeness (QED) is 0.417. The number of rotatable bonds is 6. The molecule has 0 radical (unpaired) electrons. The summed E-state index contributed by atoms with van der Waals surface area (Å²) in [6.07, 6.45) is 2.15. The van der Waals surface area contributed by atoms with Crippen LogP contribution in [0.5, 0.6) is 5.75 Å². The number of anilines is 1. The van der Waals surface area contributed by atoms with Gasteiger partial charge in [0.05, 0.1) is 13.2 Å². The number of nitrogens with zero attached hydrogens (tertiary/aromatic N) is 3. The molecule has 3 aromatic carbocycles. The molecule has 7 heteroatoms. The molecule has 0 spiro atoms. The number of aromatic nitrogens is 1. The van der Waals surface area contributed by atoms with Crippen molar-refractivity contribution in [3.05, 3.63) is 95.7 Å². The molecule has 1 atom stereocenters. The van der Waals surface area contributed by atoms with Gasteiger partial charge in [-0.05, 0) is 54.3 Å². The molecule has 2 amide bonds. The van der Waals surface area contributed by atoms with E-state index >= 15 is 0 Å². The number of piperazine rings is 1. The number of para-hydroxylation sites is 1. The zero-order chi connectivity index (χ0) is 26.1. The number of aryl methyl sites for hydroxylation is 1. The van der Waals surface area contributed by atoms with Gasteiger partial charge in [0.1, 0.15) is 18.0 Å².